The summed E-state index contributed by atoms with van der Waals surface area (Å²) in [6, 6.07) is 4.05. The first-order valence-corrected chi connectivity index (χ1v) is 10.9. The summed E-state index contributed by atoms with van der Waals surface area (Å²) in [6.45, 7) is 2.73. The van der Waals surface area contributed by atoms with E-state index in [-0.39, 0.29) is 23.5 Å². The number of piperazine rings is 1. The average molecular weight is 454 g/mol. The van der Waals surface area contributed by atoms with Gasteiger partial charge in [0.25, 0.3) is 0 Å². The second-order valence-electron chi connectivity index (χ2n) is 7.71. The van der Waals surface area contributed by atoms with Gasteiger partial charge in [-0.15, -0.1) is 0 Å². The number of hydrogen-bond acceptors (Lipinski definition) is 7. The SMILES string of the molecule is C[C@@H]1CN(C2NC=C([C@@H](O)CO)C=C2F)CCN1C(=O)NC1Nc2cc(F)ccc2S1. The fraction of sp³-hybridized carbons (Fsp3) is 0.450. The summed E-state index contributed by atoms with van der Waals surface area (Å²) in [6.07, 6.45) is 0.916. The minimum atomic E-state index is -1.14. The molecule has 1 aromatic rings. The molecule has 3 heterocycles. The first kappa shape index (κ1) is 21.9. The molecule has 2 amide bonds. The van der Waals surface area contributed by atoms with E-state index in [1.807, 2.05) is 11.8 Å². The fourth-order valence-corrected chi connectivity index (χ4v) is 4.90. The van der Waals surface area contributed by atoms with Gasteiger partial charge in [-0.3, -0.25) is 4.90 Å². The molecule has 3 aliphatic heterocycles. The molecule has 4 atom stereocenters. The number of hydrogen-bond donors (Lipinski definition) is 5. The predicted octanol–water partition coefficient (Wildman–Crippen LogP) is 1.36. The van der Waals surface area contributed by atoms with Crippen LogP contribution in [0.25, 0.3) is 0 Å². The molecule has 0 bridgehead atoms. The number of benzene rings is 1. The molecule has 1 fully saturated rings. The Morgan fingerprint density at radius 3 is 2.90 bits per heavy atom. The van der Waals surface area contributed by atoms with Crippen molar-refractivity contribution in [3.05, 3.63) is 47.7 Å². The number of carbonyl (C=O) groups excluding carboxylic acids is 1. The molecule has 0 aliphatic carbocycles. The topological polar surface area (TPSA) is 100 Å². The Kier molecular flexibility index (Phi) is 6.37. The highest BCUT2D eigenvalue weighted by Crippen LogP contribution is 2.37. The smallest absolute Gasteiger partial charge is 0.320 e. The van der Waals surface area contributed by atoms with Crippen molar-refractivity contribution in [1.82, 2.24) is 20.4 Å². The number of carbonyl (C=O) groups is 1. The van der Waals surface area contributed by atoms with Crippen molar-refractivity contribution in [2.45, 2.75) is 35.6 Å². The van der Waals surface area contributed by atoms with Gasteiger partial charge in [-0.1, -0.05) is 11.8 Å². The van der Waals surface area contributed by atoms with Crippen molar-refractivity contribution in [3.63, 3.8) is 0 Å². The van der Waals surface area contributed by atoms with Gasteiger partial charge in [-0.05, 0) is 31.2 Å². The van der Waals surface area contributed by atoms with Crippen LogP contribution in [0.15, 0.2) is 46.8 Å². The summed E-state index contributed by atoms with van der Waals surface area (Å²) < 4.78 is 28.0. The van der Waals surface area contributed by atoms with Gasteiger partial charge in [-0.25, -0.2) is 13.6 Å². The molecule has 31 heavy (non-hydrogen) atoms. The lowest BCUT2D eigenvalue weighted by Gasteiger charge is -2.43. The van der Waals surface area contributed by atoms with Crippen LogP contribution < -0.4 is 16.0 Å². The number of amides is 2. The van der Waals surface area contributed by atoms with Crippen molar-refractivity contribution in [1.29, 1.82) is 0 Å². The number of halogens is 2. The largest absolute Gasteiger partial charge is 0.393 e. The summed E-state index contributed by atoms with van der Waals surface area (Å²) >= 11 is 1.41. The molecule has 0 aromatic heterocycles. The highest BCUT2D eigenvalue weighted by Gasteiger charge is 2.35. The maximum atomic E-state index is 14.6. The molecular formula is C20H25F2N5O3S. The lowest BCUT2D eigenvalue weighted by molar-refractivity contribution is 0.0689. The first-order chi connectivity index (χ1) is 14.9. The number of urea groups is 1. The zero-order chi connectivity index (χ0) is 22.1. The monoisotopic (exact) mass is 453 g/mol. The van der Waals surface area contributed by atoms with Crippen LogP contribution >= 0.6 is 11.8 Å². The quantitative estimate of drug-likeness (QED) is 0.470. The van der Waals surface area contributed by atoms with Gasteiger partial charge >= 0.3 is 6.03 Å². The standard InChI is InChI=1S/C20H25F2N5O3S/c1-11-9-26(18-14(22)6-12(8-23-18)16(29)10-28)4-5-27(11)20(30)25-19-24-15-7-13(21)2-3-17(15)31-19/h2-3,6-8,11,16,18-19,23-24,28-29H,4-5,9-10H2,1H3,(H,25,30)/t11-,16+,18?,19?/m1/s1. The lowest BCUT2D eigenvalue weighted by Crippen LogP contribution is -2.61. The average Bonchev–Trinajstić information content (AvgIpc) is 3.14. The third-order valence-electron chi connectivity index (χ3n) is 5.54. The summed E-state index contributed by atoms with van der Waals surface area (Å²) in [7, 11) is 0. The maximum absolute atomic E-state index is 14.6. The lowest BCUT2D eigenvalue weighted by atomic mass is 10.1. The molecule has 4 rings (SSSR count). The van der Waals surface area contributed by atoms with Gasteiger partial charge in [0, 0.05) is 42.3 Å². The van der Waals surface area contributed by atoms with E-state index >= 15 is 0 Å². The van der Waals surface area contributed by atoms with Gasteiger partial charge in [0.15, 0.2) is 5.50 Å². The first-order valence-electron chi connectivity index (χ1n) is 10.0. The molecule has 11 heteroatoms. The van der Waals surface area contributed by atoms with E-state index in [4.69, 9.17) is 5.11 Å². The van der Waals surface area contributed by atoms with E-state index < -0.39 is 30.2 Å². The van der Waals surface area contributed by atoms with E-state index in [0.29, 0.717) is 25.3 Å². The fourth-order valence-electron chi connectivity index (χ4n) is 3.91. The normalized spacial score (nSPS) is 26.9. The third-order valence-corrected chi connectivity index (χ3v) is 6.63. The van der Waals surface area contributed by atoms with Crippen molar-refractivity contribution >= 4 is 23.5 Å². The van der Waals surface area contributed by atoms with E-state index in [2.05, 4.69) is 16.0 Å². The molecule has 2 unspecified atom stereocenters. The number of fused-ring (bicyclic) bond motifs is 1. The van der Waals surface area contributed by atoms with Crippen LogP contribution in [-0.2, 0) is 0 Å². The molecule has 8 nitrogen and oxygen atoms in total. The number of anilines is 1. The van der Waals surface area contributed by atoms with Gasteiger partial charge < -0.3 is 31.1 Å². The number of aliphatic hydroxyl groups excluding tert-OH is 2. The van der Waals surface area contributed by atoms with Gasteiger partial charge in [0.05, 0.1) is 12.3 Å². The molecule has 0 spiro atoms. The minimum Gasteiger partial charge on any atom is -0.393 e. The number of dihydropyridines is 1. The summed E-state index contributed by atoms with van der Waals surface area (Å²) in [5.74, 6) is -0.791. The van der Waals surface area contributed by atoms with E-state index in [0.717, 1.165) is 4.90 Å². The van der Waals surface area contributed by atoms with Crippen LogP contribution in [0.4, 0.5) is 19.3 Å². The molecule has 168 valence electrons. The highest BCUT2D eigenvalue weighted by atomic mass is 32.2. The molecular weight excluding hydrogens is 428 g/mol. The second kappa shape index (κ2) is 9.03. The molecule has 1 saturated heterocycles. The van der Waals surface area contributed by atoms with Crippen LogP contribution in [0.3, 0.4) is 0 Å². The van der Waals surface area contributed by atoms with Crippen LogP contribution in [0.2, 0.25) is 0 Å². The van der Waals surface area contributed by atoms with Crippen molar-refractivity contribution in [3.8, 4) is 0 Å². The number of thioether (sulfide) groups is 1. The predicted molar refractivity (Wildman–Crippen MR) is 113 cm³/mol. The summed E-state index contributed by atoms with van der Waals surface area (Å²) in [5.41, 5.74) is 0.540. The van der Waals surface area contributed by atoms with Crippen LogP contribution in [0.5, 0.6) is 0 Å². The molecule has 3 aliphatic rings. The van der Waals surface area contributed by atoms with E-state index in [1.165, 1.54) is 36.2 Å². The Hall–Kier alpha value is -2.34. The van der Waals surface area contributed by atoms with Gasteiger partial charge in [0.2, 0.25) is 0 Å². The molecule has 5 N–H and O–H groups in total. The zero-order valence-corrected chi connectivity index (χ0v) is 17.7. The summed E-state index contributed by atoms with van der Waals surface area (Å²) in [4.78, 5) is 17.2. The Morgan fingerprint density at radius 2 is 2.19 bits per heavy atom. The molecule has 0 radical (unpaired) electrons. The Morgan fingerprint density at radius 1 is 1.39 bits per heavy atom. The van der Waals surface area contributed by atoms with E-state index in [1.54, 1.807) is 11.0 Å². The van der Waals surface area contributed by atoms with Crippen molar-refractivity contribution in [2.75, 3.05) is 31.6 Å². The van der Waals surface area contributed by atoms with Crippen LogP contribution in [-0.4, -0.2) is 76.1 Å². The number of nitrogens with one attached hydrogen (secondary N) is 3. The zero-order valence-electron chi connectivity index (χ0n) is 16.9. The van der Waals surface area contributed by atoms with Crippen molar-refractivity contribution in [2.24, 2.45) is 0 Å². The molecule has 0 saturated carbocycles. The Bertz CT molecular complexity index is 915. The maximum Gasteiger partial charge on any atom is 0.320 e. The van der Waals surface area contributed by atoms with Crippen LogP contribution in [0.1, 0.15) is 6.92 Å². The highest BCUT2D eigenvalue weighted by molar-refractivity contribution is 8.00. The number of rotatable bonds is 4. The van der Waals surface area contributed by atoms with E-state index in [9.17, 15) is 18.7 Å². The van der Waals surface area contributed by atoms with Crippen LogP contribution in [0, 0.1) is 5.82 Å². The summed E-state index contributed by atoms with van der Waals surface area (Å²) in [5, 5.41) is 27.6. The van der Waals surface area contributed by atoms with Gasteiger partial charge in [0.1, 0.15) is 23.9 Å². The Labute approximate surface area is 183 Å². The third kappa shape index (κ3) is 4.64. The molecule has 1 aromatic carbocycles. The van der Waals surface area contributed by atoms with Crippen molar-refractivity contribution < 1.29 is 23.8 Å². The Balaban J connectivity index is 1.31. The number of aliphatic hydroxyl groups is 2. The number of nitrogens with zero attached hydrogens (tertiary/aromatic N) is 2. The van der Waals surface area contributed by atoms with Gasteiger partial charge in [-0.2, -0.15) is 0 Å². The second-order valence-corrected chi connectivity index (χ2v) is 8.86. The minimum absolute atomic E-state index is 0.164.